The molecule has 0 radical (unpaired) electrons. The summed E-state index contributed by atoms with van der Waals surface area (Å²) in [5.74, 6) is -3.77. The van der Waals surface area contributed by atoms with Gasteiger partial charge in [-0.2, -0.15) is 0 Å². The van der Waals surface area contributed by atoms with Crippen LogP contribution >= 0.6 is 0 Å². The van der Waals surface area contributed by atoms with Crippen LogP contribution in [0.15, 0.2) is 66.7 Å². The monoisotopic (exact) mass is 410 g/mol. The van der Waals surface area contributed by atoms with E-state index in [4.69, 9.17) is 19.8 Å². The van der Waals surface area contributed by atoms with Crippen LogP contribution in [-0.2, 0) is 16.1 Å². The second-order valence-corrected chi connectivity index (χ2v) is 6.96. The van der Waals surface area contributed by atoms with Gasteiger partial charge in [-0.25, -0.2) is 14.0 Å². The van der Waals surface area contributed by atoms with Gasteiger partial charge in [0.05, 0.1) is 5.69 Å². The summed E-state index contributed by atoms with van der Waals surface area (Å²) in [6.07, 6.45) is 0. The third-order valence-electron chi connectivity index (χ3n) is 5.02. The maximum Gasteiger partial charge on any atom is 0.414 e. The zero-order valence-electron chi connectivity index (χ0n) is 16.4. The lowest BCUT2D eigenvalue weighted by molar-refractivity contribution is -0.159. The van der Waals surface area contributed by atoms with Crippen molar-refractivity contribution in [2.75, 3.05) is 31.1 Å². The van der Waals surface area contributed by atoms with Crippen molar-refractivity contribution in [2.24, 2.45) is 0 Å². The second-order valence-electron chi connectivity index (χ2n) is 6.96. The van der Waals surface area contributed by atoms with Crippen LogP contribution in [0, 0.1) is 5.82 Å². The van der Waals surface area contributed by atoms with E-state index in [9.17, 15) is 4.39 Å². The van der Waals surface area contributed by atoms with Crippen molar-refractivity contribution in [3.8, 4) is 0 Å². The number of hydrogen-bond donors (Lipinski definition) is 2. The molecule has 1 aliphatic rings. The third kappa shape index (κ3) is 5.33. The highest BCUT2D eigenvalue weighted by Gasteiger charge is 2.19. The predicted molar refractivity (Wildman–Crippen MR) is 113 cm³/mol. The summed E-state index contributed by atoms with van der Waals surface area (Å²) in [4.78, 5) is 22.8. The number of hydrogen-bond acceptors (Lipinski definition) is 4. The summed E-state index contributed by atoms with van der Waals surface area (Å²) < 4.78 is 13.9. The van der Waals surface area contributed by atoms with E-state index in [0.717, 1.165) is 38.4 Å². The first-order chi connectivity index (χ1) is 14.5. The van der Waals surface area contributed by atoms with Gasteiger partial charge in [-0.1, -0.05) is 54.6 Å². The van der Waals surface area contributed by atoms with Crippen LogP contribution in [0.25, 0.3) is 10.8 Å². The summed E-state index contributed by atoms with van der Waals surface area (Å²) in [5, 5.41) is 17.4. The number of para-hydroxylation sites is 1. The van der Waals surface area contributed by atoms with E-state index in [1.807, 2.05) is 12.1 Å². The highest BCUT2D eigenvalue weighted by atomic mass is 19.1. The highest BCUT2D eigenvalue weighted by molar-refractivity contribution is 6.27. The van der Waals surface area contributed by atoms with E-state index in [0.29, 0.717) is 0 Å². The number of aliphatic carboxylic acids is 2. The minimum absolute atomic E-state index is 0.125. The number of fused-ring (bicyclic) bond motifs is 1. The fourth-order valence-corrected chi connectivity index (χ4v) is 3.53. The van der Waals surface area contributed by atoms with Crippen LogP contribution in [-0.4, -0.2) is 53.2 Å². The van der Waals surface area contributed by atoms with Crippen LogP contribution in [0.2, 0.25) is 0 Å². The lowest BCUT2D eigenvalue weighted by Crippen LogP contribution is -2.46. The molecule has 1 fully saturated rings. The van der Waals surface area contributed by atoms with Gasteiger partial charge < -0.3 is 15.1 Å². The van der Waals surface area contributed by atoms with Crippen LogP contribution in [0.4, 0.5) is 10.1 Å². The first kappa shape index (κ1) is 21.3. The summed E-state index contributed by atoms with van der Waals surface area (Å²) in [7, 11) is 0. The van der Waals surface area contributed by atoms with Gasteiger partial charge in [0.2, 0.25) is 0 Å². The maximum atomic E-state index is 13.9. The number of rotatable bonds is 3. The molecule has 0 aromatic heterocycles. The molecular formula is C23H23FN2O4. The van der Waals surface area contributed by atoms with Crippen molar-refractivity contribution in [1.82, 2.24) is 4.90 Å². The van der Waals surface area contributed by atoms with Crippen LogP contribution in [0.5, 0.6) is 0 Å². The predicted octanol–water partition coefficient (Wildman–Crippen LogP) is 3.46. The lowest BCUT2D eigenvalue weighted by Gasteiger charge is -2.36. The molecule has 0 aliphatic carbocycles. The Labute approximate surface area is 173 Å². The number of carboxylic acid groups (broad SMARTS) is 2. The standard InChI is InChI=1S/C21H21FN2.C2H2O4/c22-20-10-3-4-11-21(20)24-14-12-23(13-15-24)16-18-8-5-7-17-6-1-2-9-19(17)18;3-1(4)2(5)6/h1-11H,12-16H2;(H,3,4)(H,5,6). The molecule has 7 heteroatoms. The molecule has 0 bridgehead atoms. The van der Waals surface area contributed by atoms with E-state index >= 15 is 0 Å². The molecule has 0 unspecified atom stereocenters. The van der Waals surface area contributed by atoms with Gasteiger partial charge in [0, 0.05) is 32.7 Å². The molecule has 4 rings (SSSR count). The number of piperazine rings is 1. The van der Waals surface area contributed by atoms with Crippen molar-refractivity contribution in [3.63, 3.8) is 0 Å². The maximum absolute atomic E-state index is 13.9. The zero-order valence-corrected chi connectivity index (χ0v) is 16.4. The average molecular weight is 410 g/mol. The quantitative estimate of drug-likeness (QED) is 0.644. The van der Waals surface area contributed by atoms with Crippen molar-refractivity contribution in [3.05, 3.63) is 78.1 Å². The Hall–Kier alpha value is -3.45. The Morgan fingerprint density at radius 2 is 1.40 bits per heavy atom. The Balaban J connectivity index is 0.000000377. The summed E-state index contributed by atoms with van der Waals surface area (Å²) in [6.45, 7) is 4.60. The van der Waals surface area contributed by atoms with Gasteiger partial charge in [-0.05, 0) is 28.5 Å². The topological polar surface area (TPSA) is 81.1 Å². The fraction of sp³-hybridized carbons (Fsp3) is 0.217. The molecule has 1 heterocycles. The molecule has 2 N–H and O–H groups in total. The molecule has 3 aromatic rings. The van der Waals surface area contributed by atoms with E-state index in [1.165, 1.54) is 22.4 Å². The molecule has 6 nitrogen and oxygen atoms in total. The largest absolute Gasteiger partial charge is 0.473 e. The summed E-state index contributed by atoms with van der Waals surface area (Å²) in [6, 6.07) is 22.1. The molecule has 0 spiro atoms. The van der Waals surface area contributed by atoms with Crippen molar-refractivity contribution in [1.29, 1.82) is 0 Å². The van der Waals surface area contributed by atoms with Crippen LogP contribution in [0.3, 0.4) is 0 Å². The lowest BCUT2D eigenvalue weighted by atomic mass is 10.0. The second kappa shape index (κ2) is 9.84. The number of carbonyl (C=O) groups is 2. The highest BCUT2D eigenvalue weighted by Crippen LogP contribution is 2.23. The normalized spacial score (nSPS) is 14.1. The Kier molecular flexibility index (Phi) is 6.98. The molecule has 0 saturated carbocycles. The molecule has 0 atom stereocenters. The third-order valence-corrected chi connectivity index (χ3v) is 5.02. The first-order valence-electron chi connectivity index (χ1n) is 9.60. The number of halogens is 1. The van der Waals surface area contributed by atoms with Gasteiger partial charge >= 0.3 is 11.9 Å². The molecular weight excluding hydrogens is 387 g/mol. The summed E-state index contributed by atoms with van der Waals surface area (Å²) in [5.41, 5.74) is 2.09. The fourth-order valence-electron chi connectivity index (χ4n) is 3.53. The van der Waals surface area contributed by atoms with Gasteiger partial charge in [0.15, 0.2) is 0 Å². The smallest absolute Gasteiger partial charge is 0.414 e. The first-order valence-corrected chi connectivity index (χ1v) is 9.60. The Morgan fingerprint density at radius 3 is 2.07 bits per heavy atom. The van der Waals surface area contributed by atoms with Crippen molar-refractivity contribution in [2.45, 2.75) is 6.54 Å². The van der Waals surface area contributed by atoms with E-state index < -0.39 is 11.9 Å². The van der Waals surface area contributed by atoms with Gasteiger partial charge in [-0.3, -0.25) is 4.90 Å². The van der Waals surface area contributed by atoms with Gasteiger partial charge in [0.1, 0.15) is 5.82 Å². The zero-order chi connectivity index (χ0) is 21.5. The minimum Gasteiger partial charge on any atom is -0.473 e. The molecule has 3 aromatic carbocycles. The average Bonchev–Trinajstić information content (AvgIpc) is 2.75. The van der Waals surface area contributed by atoms with Crippen LogP contribution < -0.4 is 4.90 Å². The molecule has 1 saturated heterocycles. The van der Waals surface area contributed by atoms with Gasteiger partial charge in [-0.15, -0.1) is 0 Å². The van der Waals surface area contributed by atoms with Crippen LogP contribution in [0.1, 0.15) is 5.56 Å². The SMILES string of the molecule is Fc1ccccc1N1CCN(Cc2cccc3ccccc23)CC1.O=C(O)C(=O)O. The molecule has 1 aliphatic heterocycles. The molecule has 30 heavy (non-hydrogen) atoms. The number of carboxylic acids is 2. The number of benzene rings is 3. The molecule has 156 valence electrons. The number of anilines is 1. The van der Waals surface area contributed by atoms with Crippen molar-refractivity contribution < 1.29 is 24.2 Å². The van der Waals surface area contributed by atoms with E-state index in [-0.39, 0.29) is 5.82 Å². The summed E-state index contributed by atoms with van der Waals surface area (Å²) >= 11 is 0. The Morgan fingerprint density at radius 1 is 0.800 bits per heavy atom. The van der Waals surface area contributed by atoms with E-state index in [2.05, 4.69) is 52.3 Å². The minimum atomic E-state index is -1.82. The Bertz CT molecular complexity index is 1020. The van der Waals surface area contributed by atoms with Crippen molar-refractivity contribution >= 4 is 28.4 Å². The number of nitrogens with zero attached hydrogens (tertiary/aromatic N) is 2. The van der Waals surface area contributed by atoms with Gasteiger partial charge in [0.25, 0.3) is 0 Å². The molecule has 0 amide bonds. The van der Waals surface area contributed by atoms with E-state index in [1.54, 1.807) is 6.07 Å².